The van der Waals surface area contributed by atoms with E-state index in [1.807, 2.05) is 32.2 Å². The van der Waals surface area contributed by atoms with Crippen molar-refractivity contribution < 1.29 is 8.42 Å². The van der Waals surface area contributed by atoms with Gasteiger partial charge in [0.25, 0.3) is 0 Å². The molecule has 1 aromatic heterocycles. The largest absolute Gasteiger partial charge is 0.357 e. The van der Waals surface area contributed by atoms with E-state index in [2.05, 4.69) is 25.3 Å². The Morgan fingerprint density at radius 1 is 1.26 bits per heavy atom. The second kappa shape index (κ2) is 11.4. The molecule has 27 heavy (non-hydrogen) atoms. The first-order chi connectivity index (χ1) is 12.4. The second-order valence-electron chi connectivity index (χ2n) is 5.77. The van der Waals surface area contributed by atoms with Crippen molar-refractivity contribution in [3.05, 3.63) is 45.9 Å². The molecule has 0 unspecified atom stereocenters. The van der Waals surface area contributed by atoms with Crippen LogP contribution in [0.2, 0.25) is 0 Å². The molecule has 0 fully saturated rings. The number of aliphatic imine (C=N–C) groups is 1. The third-order valence-corrected chi connectivity index (χ3v) is 4.93. The van der Waals surface area contributed by atoms with Gasteiger partial charge in [0.05, 0.1) is 23.5 Å². The van der Waals surface area contributed by atoms with E-state index >= 15 is 0 Å². The van der Waals surface area contributed by atoms with Crippen LogP contribution in [0.3, 0.4) is 0 Å². The molecule has 0 aliphatic rings. The Morgan fingerprint density at radius 2 is 2.00 bits per heavy atom. The molecule has 0 aliphatic carbocycles. The molecular formula is C17H26IN5O2S2. The third-order valence-electron chi connectivity index (χ3n) is 3.36. The number of nitrogens with one attached hydrogen (secondary N) is 3. The maximum absolute atomic E-state index is 11.5. The molecule has 2 aromatic rings. The first kappa shape index (κ1) is 23.6. The number of anilines is 1. The van der Waals surface area contributed by atoms with E-state index < -0.39 is 10.0 Å². The summed E-state index contributed by atoms with van der Waals surface area (Å²) in [5.74, 6) is 0.690. The van der Waals surface area contributed by atoms with E-state index in [0.717, 1.165) is 36.3 Å². The number of aryl methyl sites for hydroxylation is 1. The lowest BCUT2D eigenvalue weighted by atomic mass is 10.2. The SMILES string of the molecule is CCNC(=NCc1ccccc1NS(C)(=O)=O)NCCc1ncc(C)s1.I. The van der Waals surface area contributed by atoms with Crippen molar-refractivity contribution in [2.24, 2.45) is 4.99 Å². The highest BCUT2D eigenvalue weighted by Crippen LogP contribution is 2.17. The first-order valence-electron chi connectivity index (χ1n) is 8.36. The van der Waals surface area contributed by atoms with Crippen molar-refractivity contribution in [1.29, 1.82) is 0 Å². The van der Waals surface area contributed by atoms with Crippen LogP contribution in [0.1, 0.15) is 22.4 Å². The maximum Gasteiger partial charge on any atom is 0.229 e. The number of sulfonamides is 1. The predicted molar refractivity (Wildman–Crippen MR) is 124 cm³/mol. The summed E-state index contributed by atoms with van der Waals surface area (Å²) in [6, 6.07) is 7.25. The Kier molecular flexibility index (Phi) is 10.0. The number of guanidine groups is 1. The van der Waals surface area contributed by atoms with Crippen LogP contribution in [0.4, 0.5) is 5.69 Å². The quantitative estimate of drug-likeness (QED) is 0.281. The van der Waals surface area contributed by atoms with Crippen molar-refractivity contribution in [3.8, 4) is 0 Å². The van der Waals surface area contributed by atoms with E-state index in [9.17, 15) is 8.42 Å². The summed E-state index contributed by atoms with van der Waals surface area (Å²) in [7, 11) is -3.33. The van der Waals surface area contributed by atoms with E-state index in [-0.39, 0.29) is 24.0 Å². The number of nitrogens with zero attached hydrogens (tertiary/aromatic N) is 2. The van der Waals surface area contributed by atoms with Crippen LogP contribution < -0.4 is 15.4 Å². The summed E-state index contributed by atoms with van der Waals surface area (Å²) in [5.41, 5.74) is 1.36. The normalized spacial score (nSPS) is 11.6. The van der Waals surface area contributed by atoms with Gasteiger partial charge in [-0.15, -0.1) is 35.3 Å². The fourth-order valence-electron chi connectivity index (χ4n) is 2.27. The van der Waals surface area contributed by atoms with Gasteiger partial charge in [-0.3, -0.25) is 4.72 Å². The highest BCUT2D eigenvalue weighted by Gasteiger charge is 2.07. The number of rotatable bonds is 8. The number of thiazole rings is 1. The molecule has 0 atom stereocenters. The fraction of sp³-hybridized carbons (Fsp3) is 0.412. The lowest BCUT2D eigenvalue weighted by Crippen LogP contribution is -2.38. The van der Waals surface area contributed by atoms with Gasteiger partial charge < -0.3 is 10.6 Å². The van der Waals surface area contributed by atoms with Gasteiger partial charge >= 0.3 is 0 Å². The van der Waals surface area contributed by atoms with Crippen LogP contribution in [0.25, 0.3) is 0 Å². The van der Waals surface area contributed by atoms with Gasteiger partial charge in [-0.1, -0.05) is 18.2 Å². The number of halogens is 1. The maximum atomic E-state index is 11.5. The van der Waals surface area contributed by atoms with Crippen LogP contribution in [0, 0.1) is 6.92 Å². The number of hydrogen-bond acceptors (Lipinski definition) is 5. The van der Waals surface area contributed by atoms with Crippen molar-refractivity contribution in [2.45, 2.75) is 26.8 Å². The van der Waals surface area contributed by atoms with Crippen molar-refractivity contribution in [2.75, 3.05) is 24.1 Å². The second-order valence-corrected chi connectivity index (χ2v) is 8.84. The zero-order valence-corrected chi connectivity index (χ0v) is 19.6. The average molecular weight is 523 g/mol. The van der Waals surface area contributed by atoms with Crippen LogP contribution in [0.15, 0.2) is 35.5 Å². The smallest absolute Gasteiger partial charge is 0.229 e. The van der Waals surface area contributed by atoms with Gasteiger partial charge in [-0.05, 0) is 25.5 Å². The molecule has 1 aromatic carbocycles. The molecule has 0 saturated heterocycles. The number of hydrogen-bond donors (Lipinski definition) is 3. The highest BCUT2D eigenvalue weighted by atomic mass is 127. The van der Waals surface area contributed by atoms with Gasteiger partial charge in [-0.2, -0.15) is 0 Å². The Labute approximate surface area is 182 Å². The van der Waals surface area contributed by atoms with Gasteiger partial charge in [-0.25, -0.2) is 18.4 Å². The fourth-order valence-corrected chi connectivity index (χ4v) is 3.65. The highest BCUT2D eigenvalue weighted by molar-refractivity contribution is 14.0. The Hall–Kier alpha value is -1.40. The summed E-state index contributed by atoms with van der Waals surface area (Å²) in [6.45, 7) is 5.88. The van der Waals surface area contributed by atoms with Crippen LogP contribution in [0.5, 0.6) is 0 Å². The molecule has 0 radical (unpaired) electrons. The summed E-state index contributed by atoms with van der Waals surface area (Å²) < 4.78 is 25.5. The molecule has 10 heteroatoms. The van der Waals surface area contributed by atoms with Gasteiger partial charge in [0, 0.05) is 30.6 Å². The topological polar surface area (TPSA) is 95.5 Å². The molecule has 0 spiro atoms. The van der Waals surface area contributed by atoms with E-state index in [4.69, 9.17) is 0 Å². The minimum Gasteiger partial charge on any atom is -0.357 e. The van der Waals surface area contributed by atoms with E-state index in [1.165, 1.54) is 4.88 Å². The molecular weight excluding hydrogens is 497 g/mol. The third kappa shape index (κ3) is 8.89. The molecule has 3 N–H and O–H groups in total. The molecule has 0 saturated carbocycles. The summed E-state index contributed by atoms with van der Waals surface area (Å²) in [6.07, 6.45) is 3.85. The predicted octanol–water partition coefficient (Wildman–Crippen LogP) is 2.74. The summed E-state index contributed by atoms with van der Waals surface area (Å²) >= 11 is 1.69. The van der Waals surface area contributed by atoms with Crippen molar-refractivity contribution in [3.63, 3.8) is 0 Å². The first-order valence-corrected chi connectivity index (χ1v) is 11.1. The van der Waals surface area contributed by atoms with Gasteiger partial charge in [0.15, 0.2) is 5.96 Å². The minimum absolute atomic E-state index is 0. The lowest BCUT2D eigenvalue weighted by molar-refractivity contribution is 0.606. The van der Waals surface area contributed by atoms with Gasteiger partial charge in [0.1, 0.15) is 0 Å². The molecule has 7 nitrogen and oxygen atoms in total. The summed E-state index contributed by atoms with van der Waals surface area (Å²) in [5, 5.41) is 7.57. The Morgan fingerprint density at radius 3 is 2.63 bits per heavy atom. The number of benzene rings is 1. The molecule has 0 aliphatic heterocycles. The molecule has 2 rings (SSSR count). The zero-order chi connectivity index (χ0) is 19.0. The molecule has 0 amide bonds. The number of para-hydroxylation sites is 1. The average Bonchev–Trinajstić information content (AvgIpc) is 2.98. The van der Waals surface area contributed by atoms with Crippen molar-refractivity contribution >= 4 is 57.0 Å². The standard InChI is InChI=1S/C17H25N5O2S2.HI/c1-4-18-17(19-10-9-16-20-11-13(2)25-16)21-12-14-7-5-6-8-15(14)22-26(3,23)24;/h5-8,11,22H,4,9-10,12H2,1-3H3,(H2,18,19,21);1H. The molecule has 0 bridgehead atoms. The minimum atomic E-state index is -3.33. The van der Waals surface area contributed by atoms with Gasteiger partial charge in [0.2, 0.25) is 10.0 Å². The monoisotopic (exact) mass is 523 g/mol. The molecule has 150 valence electrons. The lowest BCUT2D eigenvalue weighted by Gasteiger charge is -2.12. The Bertz CT molecular complexity index is 853. The molecule has 1 heterocycles. The van der Waals surface area contributed by atoms with E-state index in [1.54, 1.807) is 23.5 Å². The Balaban J connectivity index is 0.00000364. The number of aromatic nitrogens is 1. The zero-order valence-electron chi connectivity index (χ0n) is 15.7. The van der Waals surface area contributed by atoms with Crippen LogP contribution in [-0.4, -0.2) is 38.7 Å². The van der Waals surface area contributed by atoms with Crippen LogP contribution in [-0.2, 0) is 23.0 Å². The van der Waals surface area contributed by atoms with Crippen molar-refractivity contribution in [1.82, 2.24) is 15.6 Å². The van der Waals surface area contributed by atoms with E-state index in [0.29, 0.717) is 18.2 Å². The van der Waals surface area contributed by atoms with Crippen LogP contribution >= 0.6 is 35.3 Å². The summed E-state index contributed by atoms with van der Waals surface area (Å²) in [4.78, 5) is 10.1.